The van der Waals surface area contributed by atoms with E-state index in [1.165, 1.54) is 44.6 Å². The summed E-state index contributed by atoms with van der Waals surface area (Å²) in [5, 5.41) is 7.01. The van der Waals surface area contributed by atoms with Crippen LogP contribution < -0.4 is 15.5 Å². The van der Waals surface area contributed by atoms with Gasteiger partial charge in [0.1, 0.15) is 0 Å². The van der Waals surface area contributed by atoms with Crippen LogP contribution in [-0.4, -0.2) is 63.7 Å². The van der Waals surface area contributed by atoms with Crippen molar-refractivity contribution in [3.8, 4) is 0 Å². The summed E-state index contributed by atoms with van der Waals surface area (Å²) in [4.78, 5) is 9.18. The van der Waals surface area contributed by atoms with Crippen molar-refractivity contribution < 1.29 is 0 Å². The zero-order chi connectivity index (χ0) is 17.2. The lowest BCUT2D eigenvalue weighted by molar-refractivity contribution is 0.206. The molecule has 1 aromatic rings. The molecule has 0 aromatic heterocycles. The second-order valence-corrected chi connectivity index (χ2v) is 6.52. The number of likely N-dealkylation sites (N-methyl/N-ethyl adjacent to an activating group) is 1. The number of rotatable bonds is 7. The molecule has 2 rings (SSSR count). The molecule has 0 saturated carbocycles. The van der Waals surface area contributed by atoms with Crippen LogP contribution in [0, 0.1) is 0 Å². The summed E-state index contributed by atoms with van der Waals surface area (Å²) in [5.41, 5.74) is 1.24. The molecular weight excluding hydrogens is 425 g/mol. The van der Waals surface area contributed by atoms with Gasteiger partial charge in [-0.2, -0.15) is 0 Å². The molecule has 0 spiro atoms. The Morgan fingerprint density at radius 3 is 2.52 bits per heavy atom. The van der Waals surface area contributed by atoms with E-state index in [4.69, 9.17) is 0 Å². The second kappa shape index (κ2) is 12.4. The van der Waals surface area contributed by atoms with Crippen LogP contribution in [0.4, 0.5) is 5.69 Å². The lowest BCUT2D eigenvalue weighted by Gasteiger charge is -2.33. The van der Waals surface area contributed by atoms with Gasteiger partial charge in [-0.05, 0) is 37.9 Å². The highest BCUT2D eigenvalue weighted by molar-refractivity contribution is 14.0. The largest absolute Gasteiger partial charge is 0.373 e. The van der Waals surface area contributed by atoms with Crippen molar-refractivity contribution in [3.63, 3.8) is 0 Å². The lowest BCUT2D eigenvalue weighted by Crippen LogP contribution is -2.49. The first-order valence-electron chi connectivity index (χ1n) is 9.18. The number of piperidine rings is 1. The van der Waals surface area contributed by atoms with Crippen molar-refractivity contribution in [2.75, 3.05) is 51.7 Å². The standard InChI is InChI=1S/C19H33N5.HI/c1-4-13-24-14-10-17(11-15-24)22-19(20-2)21-12-16-23(3)18-8-6-5-7-9-18;/h5-9,17H,4,10-16H2,1-3H3,(H2,20,21,22);1H. The van der Waals surface area contributed by atoms with E-state index in [1.54, 1.807) is 0 Å². The van der Waals surface area contributed by atoms with Crippen molar-refractivity contribution in [1.29, 1.82) is 0 Å². The number of nitrogens with one attached hydrogen (secondary N) is 2. The van der Waals surface area contributed by atoms with Gasteiger partial charge in [-0.1, -0.05) is 25.1 Å². The second-order valence-electron chi connectivity index (χ2n) is 6.52. The summed E-state index contributed by atoms with van der Waals surface area (Å²) in [5.74, 6) is 0.922. The summed E-state index contributed by atoms with van der Waals surface area (Å²) in [7, 11) is 3.97. The van der Waals surface area contributed by atoms with Crippen LogP contribution in [0.1, 0.15) is 26.2 Å². The maximum Gasteiger partial charge on any atom is 0.191 e. The molecule has 0 aliphatic carbocycles. The Balaban J connectivity index is 0.00000312. The first-order valence-corrected chi connectivity index (χ1v) is 9.18. The molecule has 0 radical (unpaired) electrons. The van der Waals surface area contributed by atoms with Gasteiger partial charge < -0.3 is 20.4 Å². The molecule has 142 valence electrons. The van der Waals surface area contributed by atoms with Crippen LogP contribution in [-0.2, 0) is 0 Å². The zero-order valence-electron chi connectivity index (χ0n) is 15.9. The molecule has 2 N–H and O–H groups in total. The van der Waals surface area contributed by atoms with Crippen molar-refractivity contribution in [2.24, 2.45) is 4.99 Å². The Labute approximate surface area is 170 Å². The fraction of sp³-hybridized carbons (Fsp3) is 0.632. The molecule has 6 heteroatoms. The predicted octanol–water partition coefficient (Wildman–Crippen LogP) is 2.78. The Bertz CT molecular complexity index is 486. The van der Waals surface area contributed by atoms with Gasteiger partial charge in [0.2, 0.25) is 0 Å². The SMILES string of the molecule is CCCN1CCC(NC(=NC)NCCN(C)c2ccccc2)CC1.I. The van der Waals surface area contributed by atoms with Crippen LogP contribution in [0.2, 0.25) is 0 Å². The number of nitrogens with zero attached hydrogens (tertiary/aromatic N) is 3. The molecule has 1 heterocycles. The molecule has 25 heavy (non-hydrogen) atoms. The molecule has 0 unspecified atom stereocenters. The van der Waals surface area contributed by atoms with Crippen LogP contribution in [0.15, 0.2) is 35.3 Å². The number of hydrogen-bond acceptors (Lipinski definition) is 3. The van der Waals surface area contributed by atoms with Crippen molar-refractivity contribution in [3.05, 3.63) is 30.3 Å². The van der Waals surface area contributed by atoms with Gasteiger partial charge in [0.15, 0.2) is 5.96 Å². The number of anilines is 1. The van der Waals surface area contributed by atoms with E-state index in [9.17, 15) is 0 Å². The Morgan fingerprint density at radius 1 is 1.24 bits per heavy atom. The molecule has 1 aromatic carbocycles. The first-order chi connectivity index (χ1) is 11.7. The first kappa shape index (κ1) is 22.0. The molecule has 5 nitrogen and oxygen atoms in total. The fourth-order valence-corrected chi connectivity index (χ4v) is 3.16. The molecule has 1 saturated heterocycles. The number of hydrogen-bond donors (Lipinski definition) is 2. The van der Waals surface area contributed by atoms with E-state index in [1.807, 2.05) is 13.1 Å². The van der Waals surface area contributed by atoms with Gasteiger partial charge in [-0.25, -0.2) is 0 Å². The van der Waals surface area contributed by atoms with Crippen LogP contribution in [0.3, 0.4) is 0 Å². The number of guanidine groups is 1. The van der Waals surface area contributed by atoms with E-state index in [0.29, 0.717) is 6.04 Å². The number of benzene rings is 1. The summed E-state index contributed by atoms with van der Waals surface area (Å²) in [6, 6.07) is 11.0. The average molecular weight is 459 g/mol. The third kappa shape index (κ3) is 7.81. The predicted molar refractivity (Wildman–Crippen MR) is 119 cm³/mol. The van der Waals surface area contributed by atoms with Crippen LogP contribution in [0.25, 0.3) is 0 Å². The van der Waals surface area contributed by atoms with Crippen LogP contribution in [0.5, 0.6) is 0 Å². The molecule has 0 atom stereocenters. The average Bonchev–Trinajstić information content (AvgIpc) is 2.63. The molecule has 1 fully saturated rings. The highest BCUT2D eigenvalue weighted by atomic mass is 127. The normalized spacial score (nSPS) is 16.2. The number of likely N-dealkylation sites (tertiary alicyclic amines) is 1. The molecule has 1 aliphatic heterocycles. The topological polar surface area (TPSA) is 42.9 Å². The highest BCUT2D eigenvalue weighted by Crippen LogP contribution is 2.11. The Morgan fingerprint density at radius 2 is 1.92 bits per heavy atom. The van der Waals surface area contributed by atoms with Crippen LogP contribution >= 0.6 is 24.0 Å². The molecular formula is C19H34IN5. The Kier molecular flexibility index (Phi) is 10.9. The van der Waals surface area contributed by atoms with E-state index >= 15 is 0 Å². The maximum atomic E-state index is 4.37. The number of halogens is 1. The van der Waals surface area contributed by atoms with Gasteiger partial charge in [0, 0.05) is 52.0 Å². The minimum absolute atomic E-state index is 0. The maximum absolute atomic E-state index is 4.37. The van der Waals surface area contributed by atoms with Crippen molar-refractivity contribution >= 4 is 35.6 Å². The minimum atomic E-state index is 0. The van der Waals surface area contributed by atoms with E-state index in [2.05, 4.69) is 63.7 Å². The Hall–Kier alpha value is -1.02. The molecule has 0 amide bonds. The smallest absolute Gasteiger partial charge is 0.191 e. The van der Waals surface area contributed by atoms with Gasteiger partial charge in [0.05, 0.1) is 0 Å². The van der Waals surface area contributed by atoms with Crippen molar-refractivity contribution in [2.45, 2.75) is 32.2 Å². The number of aliphatic imine (C=N–C) groups is 1. The summed E-state index contributed by atoms with van der Waals surface area (Å²) < 4.78 is 0. The van der Waals surface area contributed by atoms with Gasteiger partial charge in [-0.3, -0.25) is 4.99 Å². The number of para-hydroxylation sites is 1. The van der Waals surface area contributed by atoms with E-state index < -0.39 is 0 Å². The summed E-state index contributed by atoms with van der Waals surface area (Å²) in [6.07, 6.45) is 3.64. The molecule has 0 bridgehead atoms. The highest BCUT2D eigenvalue weighted by Gasteiger charge is 2.19. The van der Waals surface area contributed by atoms with E-state index in [-0.39, 0.29) is 24.0 Å². The zero-order valence-corrected chi connectivity index (χ0v) is 18.2. The third-order valence-electron chi connectivity index (χ3n) is 4.63. The van der Waals surface area contributed by atoms with Gasteiger partial charge in [-0.15, -0.1) is 24.0 Å². The lowest BCUT2D eigenvalue weighted by atomic mass is 10.1. The van der Waals surface area contributed by atoms with E-state index in [0.717, 1.165) is 19.0 Å². The minimum Gasteiger partial charge on any atom is -0.373 e. The molecule has 1 aliphatic rings. The van der Waals surface area contributed by atoms with Gasteiger partial charge >= 0.3 is 0 Å². The van der Waals surface area contributed by atoms with Crippen molar-refractivity contribution in [1.82, 2.24) is 15.5 Å². The summed E-state index contributed by atoms with van der Waals surface area (Å²) >= 11 is 0. The monoisotopic (exact) mass is 459 g/mol. The fourth-order valence-electron chi connectivity index (χ4n) is 3.16. The third-order valence-corrected chi connectivity index (χ3v) is 4.63. The summed E-state index contributed by atoms with van der Waals surface area (Å²) in [6.45, 7) is 7.69. The van der Waals surface area contributed by atoms with Gasteiger partial charge in [0.25, 0.3) is 0 Å². The quantitative estimate of drug-likeness (QED) is 0.374.